The standard InChI is InChI=1S/C15H11F3N4/c16-15(17,18)13(14-19-21-22-20-14)12-8-6-11(7-9-12)10-4-2-1-3-5-10/h1-9,13H,(H,19,20,21,22). The second-order valence-electron chi connectivity index (χ2n) is 4.73. The predicted molar refractivity (Wildman–Crippen MR) is 74.0 cm³/mol. The summed E-state index contributed by atoms with van der Waals surface area (Å²) in [5.74, 6) is -2.28. The molecule has 0 aliphatic rings. The van der Waals surface area contributed by atoms with E-state index in [0.717, 1.165) is 11.1 Å². The lowest BCUT2D eigenvalue weighted by Gasteiger charge is -2.17. The first kappa shape index (κ1) is 14.2. The van der Waals surface area contributed by atoms with Gasteiger partial charge in [-0.2, -0.15) is 18.4 Å². The number of rotatable bonds is 3. The van der Waals surface area contributed by atoms with E-state index < -0.39 is 12.1 Å². The summed E-state index contributed by atoms with van der Waals surface area (Å²) in [7, 11) is 0. The van der Waals surface area contributed by atoms with E-state index >= 15 is 0 Å². The summed E-state index contributed by atoms with van der Waals surface area (Å²) in [5, 5.41) is 12.2. The first-order chi connectivity index (χ1) is 10.6. The van der Waals surface area contributed by atoms with Crippen LogP contribution in [0.5, 0.6) is 0 Å². The van der Waals surface area contributed by atoms with Gasteiger partial charge in [0.15, 0.2) is 5.82 Å². The van der Waals surface area contributed by atoms with Gasteiger partial charge < -0.3 is 0 Å². The maximum atomic E-state index is 13.3. The number of aromatic amines is 1. The number of benzene rings is 2. The summed E-state index contributed by atoms with van der Waals surface area (Å²) >= 11 is 0. The highest BCUT2D eigenvalue weighted by Crippen LogP contribution is 2.38. The second kappa shape index (κ2) is 5.59. The molecule has 1 aromatic heterocycles. The molecule has 3 rings (SSSR count). The van der Waals surface area contributed by atoms with Crippen LogP contribution in [0.4, 0.5) is 13.2 Å². The average molecular weight is 304 g/mol. The summed E-state index contributed by atoms with van der Waals surface area (Å²) in [6.45, 7) is 0. The number of nitrogens with one attached hydrogen (secondary N) is 1. The van der Waals surface area contributed by atoms with Gasteiger partial charge in [0.25, 0.3) is 0 Å². The third-order valence-corrected chi connectivity index (χ3v) is 3.30. The van der Waals surface area contributed by atoms with Crippen LogP contribution in [0.25, 0.3) is 11.1 Å². The van der Waals surface area contributed by atoms with Crippen molar-refractivity contribution in [3.05, 3.63) is 66.0 Å². The number of tetrazole rings is 1. The Balaban J connectivity index is 1.97. The number of aromatic nitrogens is 4. The van der Waals surface area contributed by atoms with Gasteiger partial charge in [-0.1, -0.05) is 59.8 Å². The van der Waals surface area contributed by atoms with Gasteiger partial charge in [0.1, 0.15) is 5.92 Å². The number of H-pyrrole nitrogens is 1. The Hall–Kier alpha value is -2.70. The van der Waals surface area contributed by atoms with Crippen LogP contribution in [0.15, 0.2) is 54.6 Å². The van der Waals surface area contributed by atoms with Crippen molar-refractivity contribution in [1.82, 2.24) is 20.6 Å². The van der Waals surface area contributed by atoms with Gasteiger partial charge in [-0.05, 0) is 16.7 Å². The van der Waals surface area contributed by atoms with Crippen LogP contribution in [0.1, 0.15) is 17.3 Å². The van der Waals surface area contributed by atoms with Crippen molar-refractivity contribution in [3.8, 4) is 11.1 Å². The molecule has 1 atom stereocenters. The van der Waals surface area contributed by atoms with E-state index in [2.05, 4.69) is 20.6 Å². The molecule has 1 heterocycles. The van der Waals surface area contributed by atoms with Crippen molar-refractivity contribution in [2.45, 2.75) is 12.1 Å². The molecule has 0 aliphatic heterocycles. The zero-order valence-electron chi connectivity index (χ0n) is 11.2. The number of halogens is 3. The van der Waals surface area contributed by atoms with E-state index in [1.165, 1.54) is 12.1 Å². The lowest BCUT2D eigenvalue weighted by Crippen LogP contribution is -2.23. The minimum absolute atomic E-state index is 0.0774. The van der Waals surface area contributed by atoms with Gasteiger partial charge in [0.2, 0.25) is 0 Å². The Labute approximate surface area is 124 Å². The lowest BCUT2D eigenvalue weighted by molar-refractivity contribution is -0.142. The number of alkyl halides is 3. The summed E-state index contributed by atoms with van der Waals surface area (Å²) < 4.78 is 39.8. The molecule has 0 bridgehead atoms. The van der Waals surface area contributed by atoms with Crippen molar-refractivity contribution in [2.75, 3.05) is 0 Å². The molecule has 0 saturated heterocycles. The maximum absolute atomic E-state index is 13.3. The van der Waals surface area contributed by atoms with Gasteiger partial charge >= 0.3 is 6.18 Å². The fourth-order valence-electron chi connectivity index (χ4n) is 2.27. The summed E-state index contributed by atoms with van der Waals surface area (Å²) in [6, 6.07) is 15.6. The Morgan fingerprint density at radius 1 is 0.864 bits per heavy atom. The monoisotopic (exact) mass is 304 g/mol. The Kier molecular flexibility index (Phi) is 3.62. The molecule has 0 amide bonds. The largest absolute Gasteiger partial charge is 0.402 e. The van der Waals surface area contributed by atoms with Crippen molar-refractivity contribution < 1.29 is 13.2 Å². The van der Waals surface area contributed by atoms with E-state index in [9.17, 15) is 13.2 Å². The lowest BCUT2D eigenvalue weighted by atomic mass is 9.95. The molecule has 112 valence electrons. The fraction of sp³-hybridized carbons (Fsp3) is 0.133. The van der Waals surface area contributed by atoms with Crippen molar-refractivity contribution in [1.29, 1.82) is 0 Å². The van der Waals surface area contributed by atoms with E-state index in [0.29, 0.717) is 0 Å². The van der Waals surface area contributed by atoms with Gasteiger partial charge in [-0.15, -0.1) is 10.2 Å². The summed E-state index contributed by atoms with van der Waals surface area (Å²) in [4.78, 5) is 0. The zero-order chi connectivity index (χ0) is 15.6. The highest BCUT2D eigenvalue weighted by Gasteiger charge is 2.44. The van der Waals surface area contributed by atoms with Crippen LogP contribution in [0.2, 0.25) is 0 Å². The first-order valence-corrected chi connectivity index (χ1v) is 6.51. The summed E-state index contributed by atoms with van der Waals surface area (Å²) in [6.07, 6.45) is -4.49. The maximum Gasteiger partial charge on any atom is 0.402 e. The van der Waals surface area contributed by atoms with Gasteiger partial charge in [0, 0.05) is 0 Å². The normalized spacial score (nSPS) is 13.0. The quantitative estimate of drug-likeness (QED) is 0.805. The number of nitrogens with zero attached hydrogens (tertiary/aromatic N) is 3. The van der Waals surface area contributed by atoms with Gasteiger partial charge in [0.05, 0.1) is 0 Å². The molecule has 0 saturated carbocycles. The summed E-state index contributed by atoms with van der Waals surface area (Å²) in [5.41, 5.74) is 1.86. The Morgan fingerprint density at radius 3 is 2.05 bits per heavy atom. The third-order valence-electron chi connectivity index (χ3n) is 3.30. The highest BCUT2D eigenvalue weighted by atomic mass is 19.4. The van der Waals surface area contributed by atoms with Crippen molar-refractivity contribution in [3.63, 3.8) is 0 Å². The molecule has 4 nitrogen and oxygen atoms in total. The average Bonchev–Trinajstić information content (AvgIpc) is 3.01. The highest BCUT2D eigenvalue weighted by molar-refractivity contribution is 5.63. The molecule has 22 heavy (non-hydrogen) atoms. The van der Waals surface area contributed by atoms with Crippen LogP contribution in [-0.4, -0.2) is 26.8 Å². The molecule has 0 radical (unpaired) electrons. The predicted octanol–water partition coefficient (Wildman–Crippen LogP) is 3.56. The fourth-order valence-corrected chi connectivity index (χ4v) is 2.27. The third kappa shape index (κ3) is 2.83. The van der Waals surface area contributed by atoms with E-state index in [1.807, 2.05) is 30.3 Å². The van der Waals surface area contributed by atoms with Gasteiger partial charge in [-0.3, -0.25) is 0 Å². The molecule has 1 unspecified atom stereocenters. The topological polar surface area (TPSA) is 54.5 Å². The molecular weight excluding hydrogens is 293 g/mol. The van der Waals surface area contributed by atoms with E-state index in [4.69, 9.17) is 0 Å². The number of hydrogen-bond donors (Lipinski definition) is 1. The molecule has 1 N–H and O–H groups in total. The van der Waals surface area contributed by atoms with E-state index in [-0.39, 0.29) is 11.4 Å². The van der Waals surface area contributed by atoms with E-state index in [1.54, 1.807) is 12.1 Å². The zero-order valence-corrected chi connectivity index (χ0v) is 11.2. The molecule has 0 aliphatic carbocycles. The van der Waals surface area contributed by atoms with Gasteiger partial charge in [-0.25, -0.2) is 0 Å². The smallest absolute Gasteiger partial charge is 0.177 e. The SMILES string of the molecule is FC(F)(F)C(c1ccc(-c2ccccc2)cc1)c1nn[nH]n1. The molecule has 3 aromatic rings. The second-order valence-corrected chi connectivity index (χ2v) is 4.73. The van der Waals surface area contributed by atoms with Crippen LogP contribution >= 0.6 is 0 Å². The molecule has 0 fully saturated rings. The molecule has 7 heteroatoms. The van der Waals surface area contributed by atoms with Crippen molar-refractivity contribution >= 4 is 0 Å². The molecule has 2 aromatic carbocycles. The minimum atomic E-state index is -4.49. The minimum Gasteiger partial charge on any atom is -0.177 e. The first-order valence-electron chi connectivity index (χ1n) is 6.51. The Bertz CT molecular complexity index is 722. The molecular formula is C15H11F3N4. The molecule has 0 spiro atoms. The van der Waals surface area contributed by atoms with Crippen molar-refractivity contribution in [2.24, 2.45) is 0 Å². The Morgan fingerprint density at radius 2 is 1.50 bits per heavy atom. The number of hydrogen-bond acceptors (Lipinski definition) is 3. The van der Waals surface area contributed by atoms with Crippen LogP contribution in [0, 0.1) is 0 Å². The van der Waals surface area contributed by atoms with Crippen LogP contribution in [-0.2, 0) is 0 Å². The van der Waals surface area contributed by atoms with Crippen LogP contribution < -0.4 is 0 Å². The van der Waals surface area contributed by atoms with Crippen LogP contribution in [0.3, 0.4) is 0 Å².